The van der Waals surface area contributed by atoms with Gasteiger partial charge in [-0.1, -0.05) is 31.2 Å². The van der Waals surface area contributed by atoms with Gasteiger partial charge in [0.15, 0.2) is 0 Å². The molecule has 1 aliphatic carbocycles. The van der Waals surface area contributed by atoms with Gasteiger partial charge in [0.25, 0.3) is 5.96 Å². The molecule has 0 aliphatic heterocycles. The maximum atomic E-state index is 13.0. The highest BCUT2D eigenvalue weighted by Crippen LogP contribution is 2.35. The van der Waals surface area contributed by atoms with Gasteiger partial charge in [-0.25, -0.2) is 13.1 Å². The molecule has 4 rings (SSSR count). The Morgan fingerprint density at radius 1 is 1.11 bits per heavy atom. The van der Waals surface area contributed by atoms with Crippen molar-refractivity contribution in [2.75, 3.05) is 17.7 Å². The summed E-state index contributed by atoms with van der Waals surface area (Å²) in [5.74, 6) is 0.832. The molecular formula is C26H27N5O4S. The second-order valence-electron chi connectivity index (χ2n) is 8.31. The van der Waals surface area contributed by atoms with Gasteiger partial charge in [0.2, 0.25) is 10.0 Å². The monoisotopic (exact) mass is 505 g/mol. The number of aliphatic hydroxyl groups excluding tert-OH is 1. The van der Waals surface area contributed by atoms with E-state index in [1.807, 2.05) is 13.0 Å². The molecular weight excluding hydrogens is 478 g/mol. The van der Waals surface area contributed by atoms with Crippen LogP contribution in [0.15, 0.2) is 76.7 Å². The van der Waals surface area contributed by atoms with Gasteiger partial charge in [-0.15, -0.1) is 4.95 Å². The number of hydrogen-bond acceptors (Lipinski definition) is 5. The molecule has 1 aliphatic rings. The second-order valence-corrected chi connectivity index (χ2v) is 10.0. The molecule has 4 N–H and O–H groups in total. The Hall–Kier alpha value is -3.91. The molecule has 0 spiro atoms. The molecule has 0 aromatic heterocycles. The van der Waals surface area contributed by atoms with Gasteiger partial charge in [0, 0.05) is 23.9 Å². The SMILES string of the molecule is [C-]#[N+]/N=C(\Nc1cccc(OC)c1)Nc1ccc2c(c1)C(NS(=O)(=O)c1ccc(CC)cc1)C(O)C2. The van der Waals surface area contributed by atoms with Crippen molar-refractivity contribution in [1.82, 2.24) is 4.72 Å². The lowest BCUT2D eigenvalue weighted by molar-refractivity contribution is 0.151. The van der Waals surface area contributed by atoms with Crippen molar-refractivity contribution in [3.8, 4) is 5.75 Å². The minimum absolute atomic E-state index is 0.142. The van der Waals surface area contributed by atoms with Crippen molar-refractivity contribution in [3.05, 3.63) is 94.9 Å². The standard InChI is InChI=1S/C26H27N5O4S/c1-4-17-8-12-22(13-9-17)36(33,34)31-25-23-16-20(11-10-18(23)14-24(25)32)29-26(30-27-2)28-19-6-5-7-21(15-19)35-3/h5-13,15-16,24-25,31-32H,4,14H2,1,3H3,(H2,28,29,30). The van der Waals surface area contributed by atoms with E-state index in [0.29, 0.717) is 29.1 Å². The number of methoxy groups -OCH3 is 1. The number of hydrogen-bond donors (Lipinski definition) is 4. The van der Waals surface area contributed by atoms with Crippen LogP contribution in [0.5, 0.6) is 5.75 Å². The Labute approximate surface area is 210 Å². The van der Waals surface area contributed by atoms with Gasteiger partial charge in [-0.2, -0.15) is 6.57 Å². The second kappa shape index (κ2) is 10.8. The van der Waals surface area contributed by atoms with E-state index in [2.05, 4.69) is 25.4 Å². The van der Waals surface area contributed by atoms with Crippen LogP contribution in [0, 0.1) is 6.57 Å². The quantitative estimate of drug-likeness (QED) is 0.167. The van der Waals surface area contributed by atoms with Crippen molar-refractivity contribution < 1.29 is 18.3 Å². The van der Waals surface area contributed by atoms with Crippen molar-refractivity contribution in [2.45, 2.75) is 36.8 Å². The number of anilines is 2. The summed E-state index contributed by atoms with van der Waals surface area (Å²) >= 11 is 0. The molecule has 36 heavy (non-hydrogen) atoms. The summed E-state index contributed by atoms with van der Waals surface area (Å²) in [6, 6.07) is 18.4. The molecule has 0 saturated heterocycles. The first-order valence-electron chi connectivity index (χ1n) is 11.4. The molecule has 3 aromatic carbocycles. The van der Waals surface area contributed by atoms with Crippen LogP contribution in [0.2, 0.25) is 0 Å². The third-order valence-electron chi connectivity index (χ3n) is 5.96. The minimum atomic E-state index is -3.85. The smallest absolute Gasteiger partial charge is 0.286 e. The number of nitrogens with one attached hydrogen (secondary N) is 3. The topological polar surface area (TPSA) is 116 Å². The molecule has 10 heteroatoms. The van der Waals surface area contributed by atoms with Gasteiger partial charge in [0.1, 0.15) is 10.9 Å². The van der Waals surface area contributed by atoms with Crippen LogP contribution in [0.3, 0.4) is 0 Å². The molecule has 2 atom stereocenters. The summed E-state index contributed by atoms with van der Waals surface area (Å²) in [6.07, 6.45) is 0.220. The zero-order chi connectivity index (χ0) is 25.7. The lowest BCUT2D eigenvalue weighted by atomic mass is 10.1. The first-order valence-corrected chi connectivity index (χ1v) is 12.9. The molecule has 0 fully saturated rings. The Balaban J connectivity index is 1.56. The highest BCUT2D eigenvalue weighted by molar-refractivity contribution is 7.89. The third kappa shape index (κ3) is 5.66. The van der Waals surface area contributed by atoms with E-state index < -0.39 is 22.2 Å². The summed E-state index contributed by atoms with van der Waals surface area (Å²) in [7, 11) is -2.29. The number of nitrogens with zero attached hydrogens (tertiary/aromatic N) is 2. The van der Waals surface area contributed by atoms with Crippen molar-refractivity contribution in [1.29, 1.82) is 0 Å². The molecule has 186 valence electrons. The fourth-order valence-electron chi connectivity index (χ4n) is 4.09. The lowest BCUT2D eigenvalue weighted by Gasteiger charge is -2.19. The van der Waals surface area contributed by atoms with E-state index in [0.717, 1.165) is 17.5 Å². The highest BCUT2D eigenvalue weighted by Gasteiger charge is 2.35. The number of aryl methyl sites for hydroxylation is 1. The predicted molar refractivity (Wildman–Crippen MR) is 139 cm³/mol. The van der Waals surface area contributed by atoms with Crippen LogP contribution in [0.25, 0.3) is 4.95 Å². The van der Waals surface area contributed by atoms with E-state index in [9.17, 15) is 13.5 Å². The van der Waals surface area contributed by atoms with Gasteiger partial charge in [0.05, 0.1) is 24.2 Å². The van der Waals surface area contributed by atoms with Gasteiger partial charge < -0.3 is 20.5 Å². The first kappa shape index (κ1) is 25.2. The number of aliphatic hydroxyl groups is 1. The van der Waals surface area contributed by atoms with Crippen LogP contribution in [0.4, 0.5) is 11.4 Å². The average molecular weight is 506 g/mol. The molecule has 0 bridgehead atoms. The molecule has 0 saturated carbocycles. The van der Waals surface area contributed by atoms with Gasteiger partial charge in [-0.05, 0) is 59.5 Å². The normalized spacial score (nSPS) is 17.2. The maximum absolute atomic E-state index is 13.0. The molecule has 9 nitrogen and oxygen atoms in total. The molecule has 0 heterocycles. The van der Waals surface area contributed by atoms with Crippen molar-refractivity contribution in [3.63, 3.8) is 0 Å². The zero-order valence-corrected chi connectivity index (χ0v) is 20.7. The van der Waals surface area contributed by atoms with E-state index in [-0.39, 0.29) is 10.9 Å². The number of guanidine groups is 1. The number of ether oxygens (including phenoxy) is 1. The zero-order valence-electron chi connectivity index (χ0n) is 19.9. The number of fused-ring (bicyclic) bond motifs is 1. The Kier molecular flexibility index (Phi) is 7.55. The van der Waals surface area contributed by atoms with Crippen LogP contribution in [0.1, 0.15) is 29.7 Å². The molecule has 0 amide bonds. The van der Waals surface area contributed by atoms with Crippen molar-refractivity contribution >= 4 is 27.4 Å². The van der Waals surface area contributed by atoms with Gasteiger partial charge in [-0.3, -0.25) is 0 Å². The number of sulfonamides is 1. The van der Waals surface area contributed by atoms with E-state index in [1.54, 1.807) is 67.8 Å². The van der Waals surface area contributed by atoms with E-state index >= 15 is 0 Å². The first-order chi connectivity index (χ1) is 17.3. The van der Waals surface area contributed by atoms with Crippen LogP contribution in [-0.2, 0) is 22.9 Å². The number of benzene rings is 3. The molecule has 2 unspecified atom stereocenters. The van der Waals surface area contributed by atoms with Crippen LogP contribution >= 0.6 is 0 Å². The Morgan fingerprint density at radius 3 is 2.50 bits per heavy atom. The average Bonchev–Trinajstić information content (AvgIpc) is 3.18. The molecule has 3 aromatic rings. The van der Waals surface area contributed by atoms with Crippen LogP contribution in [-0.4, -0.2) is 32.7 Å². The highest BCUT2D eigenvalue weighted by atomic mass is 32.2. The summed E-state index contributed by atoms with van der Waals surface area (Å²) in [6.45, 7) is 9.15. The van der Waals surface area contributed by atoms with Crippen LogP contribution < -0.4 is 20.1 Å². The summed E-state index contributed by atoms with van der Waals surface area (Å²) in [5, 5.41) is 20.6. The lowest BCUT2D eigenvalue weighted by Crippen LogP contribution is -2.34. The van der Waals surface area contributed by atoms with E-state index in [1.165, 1.54) is 0 Å². The third-order valence-corrected chi connectivity index (χ3v) is 7.42. The molecule has 0 radical (unpaired) electrons. The maximum Gasteiger partial charge on any atom is 0.286 e. The summed E-state index contributed by atoms with van der Waals surface area (Å²) < 4.78 is 34.0. The van der Waals surface area contributed by atoms with E-state index in [4.69, 9.17) is 11.3 Å². The Morgan fingerprint density at radius 2 is 1.83 bits per heavy atom. The fourth-order valence-corrected chi connectivity index (χ4v) is 5.33. The fraction of sp³-hybridized carbons (Fsp3) is 0.231. The predicted octanol–water partition coefficient (Wildman–Crippen LogP) is 3.91. The van der Waals surface area contributed by atoms with Crippen molar-refractivity contribution in [2.24, 2.45) is 5.10 Å². The summed E-state index contributed by atoms with van der Waals surface area (Å²) in [5.41, 5.74) is 3.78. The minimum Gasteiger partial charge on any atom is -0.497 e. The Bertz CT molecular complexity index is 1410. The largest absolute Gasteiger partial charge is 0.497 e. The summed E-state index contributed by atoms with van der Waals surface area (Å²) in [4.78, 5) is 3.26. The van der Waals surface area contributed by atoms with Gasteiger partial charge >= 0.3 is 0 Å². The number of rotatable bonds is 7.